The molecule has 0 radical (unpaired) electrons. The second-order valence-corrected chi connectivity index (χ2v) is 3.89. The van der Waals surface area contributed by atoms with Gasteiger partial charge in [-0.3, -0.25) is 0 Å². The third-order valence-corrected chi connectivity index (χ3v) is 2.65. The lowest BCUT2D eigenvalue weighted by Crippen LogP contribution is -2.29. The lowest BCUT2D eigenvalue weighted by atomic mass is 10.1. The minimum atomic E-state index is -1.19. The number of halogens is 1. The number of carbonyl (C=O) groups is 1. The summed E-state index contributed by atoms with van der Waals surface area (Å²) in [6.45, 7) is 1.28. The molecule has 92 valence electrons. The molecule has 1 fully saturated rings. The summed E-state index contributed by atoms with van der Waals surface area (Å²) in [6.07, 6.45) is 2.59. The fourth-order valence-electron chi connectivity index (χ4n) is 1.75. The van der Waals surface area contributed by atoms with Gasteiger partial charge in [0.05, 0.1) is 6.20 Å². The number of rotatable bonds is 3. The number of aromatic carboxylic acids is 1. The maximum Gasteiger partial charge on any atom is 0.339 e. The maximum absolute atomic E-state index is 12.9. The Bertz CT molecular complexity index is 419. The van der Waals surface area contributed by atoms with Gasteiger partial charge in [-0.15, -0.1) is 0 Å². The number of carboxylic acids is 1. The Balaban J connectivity index is 2.16. The van der Waals surface area contributed by atoms with Crippen LogP contribution in [0.5, 0.6) is 0 Å². The molecule has 2 N–H and O–H groups in total. The standard InChI is InChI=1S/C11H13FN2O3/c12-7-5-9(11(15)16)10(13-6-7)14-8-1-3-17-4-2-8/h5-6,8H,1-4H2,(H,13,14)(H,15,16). The van der Waals surface area contributed by atoms with Gasteiger partial charge >= 0.3 is 5.97 Å². The van der Waals surface area contributed by atoms with Crippen molar-refractivity contribution in [2.24, 2.45) is 0 Å². The van der Waals surface area contributed by atoms with Crippen molar-refractivity contribution < 1.29 is 19.0 Å². The van der Waals surface area contributed by atoms with E-state index in [-0.39, 0.29) is 17.4 Å². The fraction of sp³-hybridized carbons (Fsp3) is 0.455. The van der Waals surface area contributed by atoms with Gasteiger partial charge in [-0.1, -0.05) is 0 Å². The number of ether oxygens (including phenoxy) is 1. The number of anilines is 1. The zero-order chi connectivity index (χ0) is 12.3. The molecule has 17 heavy (non-hydrogen) atoms. The molecule has 0 aliphatic carbocycles. The molecular weight excluding hydrogens is 227 g/mol. The monoisotopic (exact) mass is 240 g/mol. The van der Waals surface area contributed by atoms with E-state index in [1.165, 1.54) is 0 Å². The number of hydrogen-bond donors (Lipinski definition) is 2. The van der Waals surface area contributed by atoms with E-state index >= 15 is 0 Å². The Kier molecular flexibility index (Phi) is 3.53. The molecule has 1 aromatic rings. The first-order valence-corrected chi connectivity index (χ1v) is 5.40. The Hall–Kier alpha value is -1.69. The van der Waals surface area contributed by atoms with E-state index in [2.05, 4.69) is 10.3 Å². The van der Waals surface area contributed by atoms with E-state index in [4.69, 9.17) is 9.84 Å². The van der Waals surface area contributed by atoms with Crippen LogP contribution in [0.4, 0.5) is 10.2 Å². The van der Waals surface area contributed by atoms with Crippen LogP contribution in [0.3, 0.4) is 0 Å². The Labute approximate surface area is 97.6 Å². The van der Waals surface area contributed by atoms with Crippen molar-refractivity contribution >= 4 is 11.8 Å². The van der Waals surface area contributed by atoms with Gasteiger partial charge in [0, 0.05) is 19.3 Å². The average Bonchev–Trinajstić information content (AvgIpc) is 2.32. The molecule has 0 amide bonds. The molecule has 1 aliphatic rings. The summed E-state index contributed by atoms with van der Waals surface area (Å²) < 4.78 is 18.1. The van der Waals surface area contributed by atoms with E-state index in [0.717, 1.165) is 25.1 Å². The number of nitrogens with zero attached hydrogens (tertiary/aromatic N) is 1. The number of hydrogen-bond acceptors (Lipinski definition) is 4. The van der Waals surface area contributed by atoms with Crippen molar-refractivity contribution in [3.8, 4) is 0 Å². The molecule has 0 unspecified atom stereocenters. The average molecular weight is 240 g/mol. The lowest BCUT2D eigenvalue weighted by Gasteiger charge is -2.24. The van der Waals surface area contributed by atoms with Crippen LogP contribution in [0.25, 0.3) is 0 Å². The lowest BCUT2D eigenvalue weighted by molar-refractivity contribution is 0.0696. The van der Waals surface area contributed by atoms with E-state index in [1.54, 1.807) is 0 Å². The SMILES string of the molecule is O=C(O)c1cc(F)cnc1NC1CCOCC1. The second kappa shape index (κ2) is 5.09. The molecule has 2 heterocycles. The molecule has 0 saturated carbocycles. The normalized spacial score (nSPS) is 16.8. The van der Waals surface area contributed by atoms with Gasteiger partial charge in [0.2, 0.25) is 0 Å². The molecule has 0 atom stereocenters. The fourth-order valence-corrected chi connectivity index (χ4v) is 1.75. The van der Waals surface area contributed by atoms with Gasteiger partial charge in [0.15, 0.2) is 0 Å². The van der Waals surface area contributed by atoms with Crippen LogP contribution in [0, 0.1) is 5.82 Å². The molecule has 1 aromatic heterocycles. The van der Waals surface area contributed by atoms with E-state index in [9.17, 15) is 9.18 Å². The summed E-state index contributed by atoms with van der Waals surface area (Å²) in [4.78, 5) is 14.7. The van der Waals surface area contributed by atoms with Crippen LogP contribution < -0.4 is 5.32 Å². The zero-order valence-electron chi connectivity index (χ0n) is 9.15. The summed E-state index contributed by atoms with van der Waals surface area (Å²) >= 11 is 0. The molecule has 1 saturated heterocycles. The highest BCUT2D eigenvalue weighted by atomic mass is 19.1. The van der Waals surface area contributed by atoms with Crippen molar-refractivity contribution in [3.05, 3.63) is 23.6 Å². The van der Waals surface area contributed by atoms with Gasteiger partial charge in [0.25, 0.3) is 0 Å². The molecule has 0 bridgehead atoms. The predicted molar refractivity (Wildman–Crippen MR) is 58.6 cm³/mol. The summed E-state index contributed by atoms with van der Waals surface area (Å²) in [6, 6.07) is 1.09. The maximum atomic E-state index is 12.9. The van der Waals surface area contributed by atoms with Gasteiger partial charge in [-0.2, -0.15) is 0 Å². The highest BCUT2D eigenvalue weighted by Crippen LogP contribution is 2.18. The van der Waals surface area contributed by atoms with Gasteiger partial charge in [-0.05, 0) is 18.9 Å². The second-order valence-electron chi connectivity index (χ2n) is 3.89. The van der Waals surface area contributed by atoms with Crippen molar-refractivity contribution in [1.82, 2.24) is 4.98 Å². The zero-order valence-corrected chi connectivity index (χ0v) is 9.15. The van der Waals surface area contributed by atoms with Crippen LogP contribution in [0.2, 0.25) is 0 Å². The number of pyridine rings is 1. The van der Waals surface area contributed by atoms with Crippen LogP contribution in [-0.4, -0.2) is 35.3 Å². The Morgan fingerprint density at radius 2 is 2.24 bits per heavy atom. The third-order valence-electron chi connectivity index (χ3n) is 2.65. The molecule has 0 aromatic carbocycles. The highest BCUT2D eigenvalue weighted by molar-refractivity contribution is 5.93. The molecule has 6 heteroatoms. The minimum Gasteiger partial charge on any atom is -0.478 e. The quantitative estimate of drug-likeness (QED) is 0.837. The Morgan fingerprint density at radius 1 is 1.53 bits per heavy atom. The first kappa shape index (κ1) is 11.8. The first-order valence-electron chi connectivity index (χ1n) is 5.40. The highest BCUT2D eigenvalue weighted by Gasteiger charge is 2.18. The van der Waals surface area contributed by atoms with Crippen molar-refractivity contribution in [1.29, 1.82) is 0 Å². The predicted octanol–water partition coefficient (Wildman–Crippen LogP) is 1.51. The number of nitrogens with one attached hydrogen (secondary N) is 1. The molecular formula is C11H13FN2O3. The van der Waals surface area contributed by atoms with Crippen molar-refractivity contribution in [2.45, 2.75) is 18.9 Å². The number of carboxylic acid groups (broad SMARTS) is 1. The largest absolute Gasteiger partial charge is 0.478 e. The van der Waals surface area contributed by atoms with E-state index in [0.29, 0.717) is 13.2 Å². The molecule has 0 spiro atoms. The summed E-state index contributed by atoms with van der Waals surface area (Å²) in [5.41, 5.74) is -0.142. The first-order chi connectivity index (χ1) is 8.16. The third kappa shape index (κ3) is 2.91. The Morgan fingerprint density at radius 3 is 2.88 bits per heavy atom. The molecule has 5 nitrogen and oxygen atoms in total. The summed E-state index contributed by atoms with van der Waals surface area (Å²) in [5, 5.41) is 12.0. The van der Waals surface area contributed by atoms with Crippen molar-refractivity contribution in [2.75, 3.05) is 18.5 Å². The van der Waals surface area contributed by atoms with Crippen molar-refractivity contribution in [3.63, 3.8) is 0 Å². The van der Waals surface area contributed by atoms with Crippen LogP contribution in [-0.2, 0) is 4.74 Å². The number of aromatic nitrogens is 1. The summed E-state index contributed by atoms with van der Waals surface area (Å²) in [7, 11) is 0. The van der Waals surface area contributed by atoms with E-state index < -0.39 is 11.8 Å². The molecule has 1 aliphatic heterocycles. The minimum absolute atomic E-state index is 0.125. The van der Waals surface area contributed by atoms with Crippen LogP contribution >= 0.6 is 0 Å². The van der Waals surface area contributed by atoms with Gasteiger partial charge in [-0.25, -0.2) is 14.2 Å². The van der Waals surface area contributed by atoms with Crippen LogP contribution in [0.15, 0.2) is 12.3 Å². The summed E-state index contributed by atoms with van der Waals surface area (Å²) in [5.74, 6) is -1.63. The topological polar surface area (TPSA) is 71.5 Å². The van der Waals surface area contributed by atoms with Gasteiger partial charge in [0.1, 0.15) is 17.2 Å². The van der Waals surface area contributed by atoms with E-state index in [1.807, 2.05) is 0 Å². The smallest absolute Gasteiger partial charge is 0.339 e. The molecule has 2 rings (SSSR count). The van der Waals surface area contributed by atoms with Gasteiger partial charge < -0.3 is 15.2 Å². The van der Waals surface area contributed by atoms with Crippen LogP contribution in [0.1, 0.15) is 23.2 Å².